The van der Waals surface area contributed by atoms with Gasteiger partial charge in [-0.25, -0.2) is 9.98 Å². The van der Waals surface area contributed by atoms with Crippen LogP contribution in [0.4, 0.5) is 5.82 Å². The van der Waals surface area contributed by atoms with Crippen LogP contribution in [0.15, 0.2) is 23.3 Å². The Kier molecular flexibility index (Phi) is 7.77. The van der Waals surface area contributed by atoms with Crippen molar-refractivity contribution in [3.63, 3.8) is 0 Å². The van der Waals surface area contributed by atoms with Crippen LogP contribution in [0.3, 0.4) is 0 Å². The Balaban J connectivity index is 0.00000220. The fourth-order valence-electron chi connectivity index (χ4n) is 2.46. The number of pyridine rings is 1. The molecule has 1 aliphatic rings. The number of hydrogen-bond acceptors (Lipinski definition) is 3. The van der Waals surface area contributed by atoms with Gasteiger partial charge >= 0.3 is 0 Å². The summed E-state index contributed by atoms with van der Waals surface area (Å²) in [6.07, 6.45) is 4.45. The molecule has 0 unspecified atom stereocenters. The molecule has 0 aliphatic carbocycles. The van der Waals surface area contributed by atoms with Crippen LogP contribution in [0.5, 0.6) is 0 Å². The first kappa shape index (κ1) is 18.0. The average Bonchev–Trinajstić information content (AvgIpc) is 3.01. The lowest BCUT2D eigenvalue weighted by Crippen LogP contribution is -2.37. The second kappa shape index (κ2) is 9.07. The molecular weight excluding hydrogens is 377 g/mol. The molecule has 5 nitrogen and oxygen atoms in total. The van der Waals surface area contributed by atoms with Crippen LogP contribution in [0.2, 0.25) is 0 Å². The predicted octanol–water partition coefficient (Wildman–Crippen LogP) is 2.46. The second-order valence-electron chi connectivity index (χ2n) is 5.07. The van der Waals surface area contributed by atoms with E-state index in [1.165, 1.54) is 12.8 Å². The highest BCUT2D eigenvalue weighted by Crippen LogP contribution is 2.17. The van der Waals surface area contributed by atoms with Crippen LogP contribution in [-0.4, -0.2) is 42.0 Å². The third-order valence-electron chi connectivity index (χ3n) is 3.75. The van der Waals surface area contributed by atoms with Gasteiger partial charge in [-0.3, -0.25) is 0 Å². The zero-order chi connectivity index (χ0) is 14.4. The van der Waals surface area contributed by atoms with Gasteiger partial charge in [-0.05, 0) is 38.3 Å². The summed E-state index contributed by atoms with van der Waals surface area (Å²) in [6, 6.07) is 4.18. The maximum Gasteiger partial charge on any atom is 0.191 e. The van der Waals surface area contributed by atoms with Crippen molar-refractivity contribution in [3.8, 4) is 0 Å². The van der Waals surface area contributed by atoms with E-state index in [4.69, 9.17) is 5.73 Å². The summed E-state index contributed by atoms with van der Waals surface area (Å²) in [4.78, 5) is 13.3. The van der Waals surface area contributed by atoms with Gasteiger partial charge in [0.2, 0.25) is 0 Å². The fourth-order valence-corrected chi connectivity index (χ4v) is 2.46. The molecular formula is C15H26IN5. The normalized spacial score (nSPS) is 15.0. The van der Waals surface area contributed by atoms with Crippen molar-refractivity contribution in [2.75, 3.05) is 31.1 Å². The van der Waals surface area contributed by atoms with Crippen molar-refractivity contribution in [1.29, 1.82) is 0 Å². The molecule has 0 aromatic carbocycles. The molecule has 1 fully saturated rings. The van der Waals surface area contributed by atoms with E-state index < -0.39 is 0 Å². The first-order valence-electron chi connectivity index (χ1n) is 7.49. The third-order valence-corrected chi connectivity index (χ3v) is 3.75. The van der Waals surface area contributed by atoms with E-state index in [1.807, 2.05) is 11.1 Å². The maximum absolute atomic E-state index is 5.96. The highest BCUT2D eigenvalue weighted by Gasteiger charge is 2.12. The zero-order valence-electron chi connectivity index (χ0n) is 13.0. The molecule has 0 atom stereocenters. The molecule has 1 aromatic rings. The first-order chi connectivity index (χ1) is 9.74. The van der Waals surface area contributed by atoms with Gasteiger partial charge in [0, 0.05) is 32.4 Å². The van der Waals surface area contributed by atoms with Crippen molar-refractivity contribution in [2.45, 2.75) is 33.2 Å². The van der Waals surface area contributed by atoms with E-state index in [0.717, 1.165) is 37.6 Å². The third kappa shape index (κ3) is 5.01. The number of nitrogens with zero attached hydrogens (tertiary/aromatic N) is 4. The highest BCUT2D eigenvalue weighted by molar-refractivity contribution is 14.0. The molecule has 0 bridgehead atoms. The van der Waals surface area contributed by atoms with Gasteiger partial charge in [-0.1, -0.05) is 6.07 Å². The van der Waals surface area contributed by atoms with E-state index in [1.54, 1.807) is 0 Å². The molecule has 2 rings (SSSR count). The first-order valence-corrected chi connectivity index (χ1v) is 7.49. The Morgan fingerprint density at radius 2 is 1.95 bits per heavy atom. The fraction of sp³-hybridized carbons (Fsp3) is 0.600. The van der Waals surface area contributed by atoms with Crippen LogP contribution >= 0.6 is 24.0 Å². The van der Waals surface area contributed by atoms with Gasteiger partial charge in [0.1, 0.15) is 5.82 Å². The summed E-state index contributed by atoms with van der Waals surface area (Å²) in [5.41, 5.74) is 7.06. The summed E-state index contributed by atoms with van der Waals surface area (Å²) < 4.78 is 0. The van der Waals surface area contributed by atoms with E-state index >= 15 is 0 Å². The lowest BCUT2D eigenvalue weighted by atomic mass is 10.3. The molecule has 1 saturated heterocycles. The molecule has 0 radical (unpaired) electrons. The predicted molar refractivity (Wildman–Crippen MR) is 99.3 cm³/mol. The number of anilines is 1. The van der Waals surface area contributed by atoms with E-state index in [-0.39, 0.29) is 24.0 Å². The van der Waals surface area contributed by atoms with Crippen LogP contribution in [0.1, 0.15) is 32.3 Å². The Hall–Kier alpha value is -1.05. The molecule has 1 aliphatic heterocycles. The lowest BCUT2D eigenvalue weighted by molar-refractivity contribution is 0.458. The van der Waals surface area contributed by atoms with Gasteiger partial charge in [-0.15, -0.1) is 24.0 Å². The van der Waals surface area contributed by atoms with Crippen LogP contribution in [0.25, 0.3) is 0 Å². The number of hydrogen-bond donors (Lipinski definition) is 1. The lowest BCUT2D eigenvalue weighted by Gasteiger charge is -2.19. The van der Waals surface area contributed by atoms with Crippen LogP contribution in [0, 0.1) is 0 Å². The van der Waals surface area contributed by atoms with Crippen molar-refractivity contribution in [3.05, 3.63) is 23.9 Å². The second-order valence-corrected chi connectivity index (χ2v) is 5.07. The maximum atomic E-state index is 5.96. The number of guanidine groups is 1. The number of nitrogens with two attached hydrogens (primary N) is 1. The Bertz CT molecular complexity index is 436. The Morgan fingerprint density at radius 3 is 2.48 bits per heavy atom. The smallest absolute Gasteiger partial charge is 0.191 e. The van der Waals surface area contributed by atoms with Gasteiger partial charge in [0.25, 0.3) is 0 Å². The summed E-state index contributed by atoms with van der Waals surface area (Å²) in [6.45, 7) is 8.78. The van der Waals surface area contributed by atoms with Crippen molar-refractivity contribution in [1.82, 2.24) is 9.88 Å². The number of aromatic nitrogens is 1. The van der Waals surface area contributed by atoms with Gasteiger partial charge < -0.3 is 15.5 Å². The number of aliphatic imine (C=N–C) groups is 1. The molecule has 118 valence electrons. The molecule has 1 aromatic heterocycles. The van der Waals surface area contributed by atoms with E-state index in [9.17, 15) is 0 Å². The van der Waals surface area contributed by atoms with Gasteiger partial charge in [0.15, 0.2) is 5.96 Å². The summed E-state index contributed by atoms with van der Waals surface area (Å²) in [7, 11) is 0. The molecule has 21 heavy (non-hydrogen) atoms. The quantitative estimate of drug-likeness (QED) is 0.466. The number of rotatable bonds is 5. The minimum absolute atomic E-state index is 0. The molecule has 0 spiro atoms. The molecule has 6 heteroatoms. The topological polar surface area (TPSA) is 57.8 Å². The molecule has 2 N–H and O–H groups in total. The zero-order valence-corrected chi connectivity index (χ0v) is 15.3. The Morgan fingerprint density at radius 1 is 1.29 bits per heavy atom. The minimum Gasteiger partial charge on any atom is -0.370 e. The standard InChI is InChI=1S/C15H25N5.HI/c1-3-19(4-2)15(16)18-12-13-7-8-14(17-11-13)20-9-5-6-10-20;/h7-8,11H,3-6,9-10,12H2,1-2H3,(H2,16,18);1H. The van der Waals surface area contributed by atoms with Crippen molar-refractivity contribution in [2.24, 2.45) is 10.7 Å². The van der Waals surface area contributed by atoms with Gasteiger partial charge in [-0.2, -0.15) is 0 Å². The van der Waals surface area contributed by atoms with E-state index in [0.29, 0.717) is 12.5 Å². The van der Waals surface area contributed by atoms with Crippen molar-refractivity contribution >= 4 is 35.8 Å². The largest absolute Gasteiger partial charge is 0.370 e. The Labute approximate surface area is 144 Å². The minimum atomic E-state index is 0. The number of halogens is 1. The molecule has 0 saturated carbocycles. The monoisotopic (exact) mass is 403 g/mol. The SMILES string of the molecule is CCN(CC)C(N)=NCc1ccc(N2CCCC2)nc1.I. The van der Waals surface area contributed by atoms with Crippen molar-refractivity contribution < 1.29 is 0 Å². The van der Waals surface area contributed by atoms with Crippen LogP contribution < -0.4 is 10.6 Å². The summed E-state index contributed by atoms with van der Waals surface area (Å²) >= 11 is 0. The van der Waals surface area contributed by atoms with Crippen LogP contribution in [-0.2, 0) is 6.54 Å². The average molecular weight is 403 g/mol. The molecule has 0 amide bonds. The summed E-state index contributed by atoms with van der Waals surface area (Å²) in [5.74, 6) is 1.69. The highest BCUT2D eigenvalue weighted by atomic mass is 127. The summed E-state index contributed by atoms with van der Waals surface area (Å²) in [5, 5.41) is 0. The van der Waals surface area contributed by atoms with E-state index in [2.05, 4.69) is 40.9 Å². The molecule has 2 heterocycles. The van der Waals surface area contributed by atoms with Gasteiger partial charge in [0.05, 0.1) is 6.54 Å².